The van der Waals surface area contributed by atoms with Crippen LogP contribution in [0.4, 0.5) is 4.39 Å². The number of piperazine rings is 1. The van der Waals surface area contributed by atoms with Gasteiger partial charge in [0.05, 0.1) is 19.7 Å². The van der Waals surface area contributed by atoms with Crippen molar-refractivity contribution in [2.75, 3.05) is 33.3 Å². The van der Waals surface area contributed by atoms with E-state index in [-0.39, 0.29) is 11.9 Å². The van der Waals surface area contributed by atoms with Crippen LogP contribution in [0.15, 0.2) is 48.5 Å². The molecule has 2 heterocycles. The van der Waals surface area contributed by atoms with E-state index in [0.29, 0.717) is 12.5 Å². The van der Waals surface area contributed by atoms with Gasteiger partial charge in [-0.1, -0.05) is 44.2 Å². The monoisotopic (exact) mass is 452 g/mol. The van der Waals surface area contributed by atoms with E-state index in [4.69, 9.17) is 4.74 Å². The van der Waals surface area contributed by atoms with Gasteiger partial charge in [-0.05, 0) is 46.5 Å². The molecule has 33 heavy (non-hydrogen) atoms. The molecule has 2 aromatic carbocycles. The van der Waals surface area contributed by atoms with Gasteiger partial charge in [0.2, 0.25) is 0 Å². The van der Waals surface area contributed by atoms with Crippen molar-refractivity contribution in [2.24, 2.45) is 5.92 Å². The number of methoxy groups -OCH3 is 1. The summed E-state index contributed by atoms with van der Waals surface area (Å²) in [5.74, 6) is 2.10. The molecule has 1 aliphatic rings. The lowest BCUT2D eigenvalue weighted by Crippen LogP contribution is -2.48. The van der Waals surface area contributed by atoms with Gasteiger partial charge < -0.3 is 4.74 Å². The molecule has 0 bridgehead atoms. The Bertz CT molecular complexity index is 1010. The fourth-order valence-corrected chi connectivity index (χ4v) is 4.50. The molecule has 3 aromatic rings. The average molecular weight is 453 g/mol. The van der Waals surface area contributed by atoms with Crippen LogP contribution in [0, 0.1) is 11.7 Å². The van der Waals surface area contributed by atoms with Crippen molar-refractivity contribution < 1.29 is 9.13 Å². The molecule has 0 radical (unpaired) electrons. The Balaban J connectivity index is 1.45. The minimum absolute atomic E-state index is 0.147. The minimum Gasteiger partial charge on any atom is -0.496 e. The van der Waals surface area contributed by atoms with Gasteiger partial charge in [-0.15, -0.1) is 5.10 Å². The predicted molar refractivity (Wildman–Crippen MR) is 125 cm³/mol. The third kappa shape index (κ3) is 5.94. The van der Waals surface area contributed by atoms with E-state index < -0.39 is 0 Å². The Morgan fingerprint density at radius 2 is 1.70 bits per heavy atom. The van der Waals surface area contributed by atoms with Gasteiger partial charge in [0, 0.05) is 38.3 Å². The van der Waals surface area contributed by atoms with Gasteiger partial charge in [0.25, 0.3) is 0 Å². The predicted octanol–water partition coefficient (Wildman–Crippen LogP) is 3.77. The Hall–Kier alpha value is -2.84. The molecule has 1 atom stereocenters. The summed E-state index contributed by atoms with van der Waals surface area (Å²) in [7, 11) is 1.73. The van der Waals surface area contributed by atoms with Crippen LogP contribution in [-0.2, 0) is 13.1 Å². The number of ether oxygens (including phenoxy) is 1. The maximum Gasteiger partial charge on any atom is 0.168 e. The molecule has 1 aliphatic heterocycles. The molecule has 1 fully saturated rings. The van der Waals surface area contributed by atoms with E-state index >= 15 is 0 Å². The first-order valence-electron chi connectivity index (χ1n) is 11.6. The third-order valence-electron chi connectivity index (χ3n) is 6.23. The van der Waals surface area contributed by atoms with Crippen LogP contribution in [0.1, 0.15) is 43.3 Å². The molecule has 0 amide bonds. The zero-order valence-electron chi connectivity index (χ0n) is 19.7. The molecule has 0 aliphatic carbocycles. The first kappa shape index (κ1) is 23.3. The normalized spacial score (nSPS) is 16.3. The van der Waals surface area contributed by atoms with Crippen LogP contribution in [0.5, 0.6) is 5.75 Å². The van der Waals surface area contributed by atoms with E-state index in [1.807, 2.05) is 16.8 Å². The summed E-state index contributed by atoms with van der Waals surface area (Å²) in [5, 5.41) is 12.7. The lowest BCUT2D eigenvalue weighted by Gasteiger charge is -2.39. The Morgan fingerprint density at radius 1 is 0.970 bits per heavy atom. The van der Waals surface area contributed by atoms with Crippen molar-refractivity contribution in [1.82, 2.24) is 30.0 Å². The molecule has 1 aromatic heterocycles. The highest BCUT2D eigenvalue weighted by molar-refractivity contribution is 5.33. The Labute approximate surface area is 195 Å². The zero-order chi connectivity index (χ0) is 23.2. The largest absolute Gasteiger partial charge is 0.496 e. The number of benzene rings is 2. The second-order valence-corrected chi connectivity index (χ2v) is 9.09. The Morgan fingerprint density at radius 3 is 2.39 bits per heavy atom. The minimum atomic E-state index is -0.237. The van der Waals surface area contributed by atoms with Crippen molar-refractivity contribution >= 4 is 0 Å². The van der Waals surface area contributed by atoms with Crippen LogP contribution in [0.2, 0.25) is 0 Å². The van der Waals surface area contributed by atoms with E-state index in [2.05, 4.69) is 51.3 Å². The molecule has 0 saturated carbocycles. The van der Waals surface area contributed by atoms with Gasteiger partial charge in [0.1, 0.15) is 11.6 Å². The van der Waals surface area contributed by atoms with E-state index in [0.717, 1.165) is 56.3 Å². The number of halogens is 1. The van der Waals surface area contributed by atoms with E-state index in [1.165, 1.54) is 17.7 Å². The molecule has 4 rings (SSSR count). The highest BCUT2D eigenvalue weighted by atomic mass is 19.1. The molecule has 0 spiro atoms. The van der Waals surface area contributed by atoms with Crippen LogP contribution in [0.25, 0.3) is 0 Å². The summed E-state index contributed by atoms with van der Waals surface area (Å²) in [4.78, 5) is 4.98. The molecule has 0 N–H and O–H groups in total. The zero-order valence-corrected chi connectivity index (χ0v) is 19.7. The van der Waals surface area contributed by atoms with Crippen molar-refractivity contribution in [3.05, 3.63) is 71.3 Å². The van der Waals surface area contributed by atoms with E-state index in [9.17, 15) is 4.39 Å². The number of rotatable bonds is 9. The van der Waals surface area contributed by atoms with E-state index in [1.54, 1.807) is 19.2 Å². The van der Waals surface area contributed by atoms with Crippen LogP contribution in [-0.4, -0.2) is 63.3 Å². The summed E-state index contributed by atoms with van der Waals surface area (Å²) < 4.78 is 20.7. The molecule has 1 saturated heterocycles. The third-order valence-corrected chi connectivity index (χ3v) is 6.23. The molecule has 7 nitrogen and oxygen atoms in total. The molecule has 176 valence electrons. The maximum absolute atomic E-state index is 13.3. The number of nitrogens with zero attached hydrogens (tertiary/aromatic N) is 6. The number of para-hydroxylation sites is 1. The molecular weight excluding hydrogens is 419 g/mol. The highest BCUT2D eigenvalue weighted by Crippen LogP contribution is 2.28. The number of hydrogen-bond donors (Lipinski definition) is 0. The smallest absolute Gasteiger partial charge is 0.168 e. The van der Waals surface area contributed by atoms with Crippen LogP contribution >= 0.6 is 0 Å². The number of tetrazole rings is 1. The number of hydrogen-bond acceptors (Lipinski definition) is 6. The van der Waals surface area contributed by atoms with Gasteiger partial charge in [0.15, 0.2) is 5.82 Å². The fraction of sp³-hybridized carbons (Fsp3) is 0.480. The van der Waals surface area contributed by atoms with Crippen molar-refractivity contribution in [3.63, 3.8) is 0 Å². The number of aromatic nitrogens is 4. The molecular formula is C25H33FN6O. The van der Waals surface area contributed by atoms with Crippen molar-refractivity contribution in [1.29, 1.82) is 0 Å². The average Bonchev–Trinajstić information content (AvgIpc) is 3.27. The SMILES string of the molecule is COc1ccccc1CN1CCN([C@@H](CC(C)C)c2nnnn2Cc2ccc(F)cc2)CC1. The molecule has 8 heteroatoms. The quantitative estimate of drug-likeness (QED) is 0.493. The summed E-state index contributed by atoms with van der Waals surface area (Å²) in [6, 6.07) is 14.9. The van der Waals surface area contributed by atoms with Crippen molar-refractivity contribution in [3.8, 4) is 5.75 Å². The second kappa shape index (κ2) is 10.9. The Kier molecular flexibility index (Phi) is 7.67. The lowest BCUT2D eigenvalue weighted by molar-refractivity contribution is 0.0766. The van der Waals surface area contributed by atoms with Crippen LogP contribution < -0.4 is 4.74 Å². The summed E-state index contributed by atoms with van der Waals surface area (Å²) >= 11 is 0. The maximum atomic E-state index is 13.3. The first-order chi connectivity index (χ1) is 16.0. The fourth-order valence-electron chi connectivity index (χ4n) is 4.50. The lowest BCUT2D eigenvalue weighted by atomic mass is 10.0. The van der Waals surface area contributed by atoms with Gasteiger partial charge in [-0.25, -0.2) is 9.07 Å². The van der Waals surface area contributed by atoms with Crippen LogP contribution in [0.3, 0.4) is 0 Å². The standard InChI is InChI=1S/C25H33FN6O/c1-19(2)16-23(25-27-28-29-32(25)17-20-8-10-22(26)11-9-20)31-14-12-30(13-15-31)18-21-6-4-5-7-24(21)33-3/h4-11,19,23H,12-18H2,1-3H3/t23-/m0/s1. The second-order valence-electron chi connectivity index (χ2n) is 9.09. The van der Waals surface area contributed by atoms with Crippen molar-refractivity contribution in [2.45, 2.75) is 39.4 Å². The topological polar surface area (TPSA) is 59.3 Å². The summed E-state index contributed by atoms with van der Waals surface area (Å²) in [6.07, 6.45) is 0.982. The first-order valence-corrected chi connectivity index (χ1v) is 11.6. The highest BCUT2D eigenvalue weighted by Gasteiger charge is 2.30. The molecule has 0 unspecified atom stereocenters. The van der Waals surface area contributed by atoms with Gasteiger partial charge >= 0.3 is 0 Å². The summed E-state index contributed by atoms with van der Waals surface area (Å²) in [6.45, 7) is 9.75. The van der Waals surface area contributed by atoms with Gasteiger partial charge in [-0.3, -0.25) is 9.80 Å². The van der Waals surface area contributed by atoms with Gasteiger partial charge in [-0.2, -0.15) is 0 Å². The summed E-state index contributed by atoms with van der Waals surface area (Å²) in [5.41, 5.74) is 2.20.